The number of imide groups is 1. The van der Waals surface area contributed by atoms with E-state index in [1.807, 2.05) is 41.0 Å². The average Bonchev–Trinajstić information content (AvgIpc) is 3.82. The second kappa shape index (κ2) is 24.9. The smallest absolute Gasteiger partial charge is 0.407 e. The van der Waals surface area contributed by atoms with Crippen LogP contribution < -0.4 is 10.6 Å². The lowest BCUT2D eigenvalue weighted by atomic mass is 9.81. The molecule has 2 aromatic carbocycles. The lowest BCUT2D eigenvalue weighted by Gasteiger charge is -2.40. The summed E-state index contributed by atoms with van der Waals surface area (Å²) in [5.74, 6) is -3.30. The Kier molecular flexibility index (Phi) is 19.5. The minimum Gasteiger partial charge on any atom is -0.480 e. The van der Waals surface area contributed by atoms with Gasteiger partial charge in [-0.05, 0) is 86.6 Å². The summed E-state index contributed by atoms with van der Waals surface area (Å²) in [6.07, 6.45) is 16.6. The van der Waals surface area contributed by atoms with E-state index in [1.165, 1.54) is 18.2 Å². The Morgan fingerprint density at radius 1 is 0.938 bits per heavy atom. The Bertz CT molecular complexity index is 2120. The number of nitrogens with zero attached hydrogens (tertiary/aromatic N) is 3. The maximum Gasteiger partial charge on any atom is 0.407 e. The van der Waals surface area contributed by atoms with Gasteiger partial charge in [0.05, 0.1) is 11.8 Å². The molecule has 2 heterocycles. The lowest BCUT2D eigenvalue weighted by molar-refractivity contribution is -0.141. The number of hydrogen-bond acceptors (Lipinski definition) is 8. The second-order valence-electron chi connectivity index (χ2n) is 17.5. The van der Waals surface area contributed by atoms with Gasteiger partial charge < -0.3 is 29.9 Å². The number of aromatic nitrogens is 1. The molecule has 13 nitrogen and oxygen atoms in total. The minimum atomic E-state index is -1.27. The van der Waals surface area contributed by atoms with Crippen molar-refractivity contribution in [1.82, 2.24) is 25.0 Å². The number of unbranched alkanes of at least 4 members (excludes halogenated alkanes) is 2. The van der Waals surface area contributed by atoms with Crippen LogP contribution in [0.2, 0.25) is 0 Å². The lowest BCUT2D eigenvalue weighted by Crippen LogP contribution is -2.44. The molecular formula is C48H63F2N5O8S2. The minimum absolute atomic E-state index is 0.00389. The van der Waals surface area contributed by atoms with Gasteiger partial charge in [0.2, 0.25) is 11.8 Å². The Morgan fingerprint density at radius 3 is 2.35 bits per heavy atom. The molecule has 0 unspecified atom stereocenters. The van der Waals surface area contributed by atoms with Gasteiger partial charge >= 0.3 is 12.1 Å². The van der Waals surface area contributed by atoms with Crippen LogP contribution in [0.4, 0.5) is 13.6 Å². The summed E-state index contributed by atoms with van der Waals surface area (Å²) in [5, 5.41) is 15.4. The first kappa shape index (κ1) is 50.8. The number of benzene rings is 2. The van der Waals surface area contributed by atoms with Crippen LogP contribution in [0.25, 0.3) is 11.1 Å². The number of carbonyl (C=O) groups is 6. The van der Waals surface area contributed by atoms with E-state index in [0.717, 1.165) is 77.9 Å². The molecule has 1 saturated carbocycles. The fourth-order valence-corrected chi connectivity index (χ4v) is 9.64. The van der Waals surface area contributed by atoms with Crippen molar-refractivity contribution in [3.8, 4) is 11.1 Å². The van der Waals surface area contributed by atoms with Crippen LogP contribution in [0, 0.1) is 17.6 Å². The molecule has 2 atom stereocenters. The molecule has 1 aliphatic carbocycles. The number of hydrogen-bond donors (Lipinski definition) is 3. The molecule has 2 aliphatic rings. The maximum atomic E-state index is 15.4. The fourth-order valence-electron chi connectivity index (χ4n) is 8.13. The summed E-state index contributed by atoms with van der Waals surface area (Å²) < 4.78 is 37.5. The molecule has 3 N–H and O–H groups in total. The van der Waals surface area contributed by atoms with Crippen molar-refractivity contribution in [2.45, 2.75) is 82.8 Å². The van der Waals surface area contributed by atoms with E-state index in [9.17, 15) is 38.3 Å². The number of halogens is 2. The number of aliphatic carboxylic acids is 1. The number of carboxylic acid groups (broad SMARTS) is 1. The van der Waals surface area contributed by atoms with Gasteiger partial charge in [0.15, 0.2) is 0 Å². The Morgan fingerprint density at radius 2 is 1.66 bits per heavy atom. The zero-order valence-corrected chi connectivity index (χ0v) is 39.2. The van der Waals surface area contributed by atoms with Crippen LogP contribution in [0.5, 0.6) is 0 Å². The number of amides is 5. The van der Waals surface area contributed by atoms with Gasteiger partial charge in [0.25, 0.3) is 11.8 Å². The zero-order chi connectivity index (χ0) is 46.9. The van der Waals surface area contributed by atoms with Gasteiger partial charge in [-0.1, -0.05) is 56.0 Å². The van der Waals surface area contributed by atoms with Crippen molar-refractivity contribution < 1.29 is 47.4 Å². The highest BCUT2D eigenvalue weighted by Crippen LogP contribution is 2.41. The van der Waals surface area contributed by atoms with Gasteiger partial charge in [0, 0.05) is 79.3 Å². The zero-order valence-electron chi connectivity index (χ0n) is 37.6. The molecule has 0 radical (unpaired) electrons. The summed E-state index contributed by atoms with van der Waals surface area (Å²) in [5.41, 5.74) is 2.28. The Hall–Kier alpha value is -5.16. The third-order valence-corrected chi connectivity index (χ3v) is 13.9. The van der Waals surface area contributed by atoms with E-state index in [2.05, 4.69) is 29.4 Å². The molecule has 5 amide bonds. The number of thioether (sulfide) groups is 1. The Balaban J connectivity index is 1.35. The Labute approximate surface area is 386 Å². The van der Waals surface area contributed by atoms with Gasteiger partial charge in [0.1, 0.15) is 24.3 Å². The van der Waals surface area contributed by atoms with Crippen molar-refractivity contribution in [2.75, 3.05) is 62.3 Å². The highest BCUT2D eigenvalue weighted by molar-refractivity contribution is 8.32. The van der Waals surface area contributed by atoms with Gasteiger partial charge in [-0.15, -0.1) is 11.8 Å². The molecular weight excluding hydrogens is 877 g/mol. The van der Waals surface area contributed by atoms with Crippen molar-refractivity contribution in [3.63, 3.8) is 0 Å². The van der Waals surface area contributed by atoms with Crippen molar-refractivity contribution in [1.29, 1.82) is 0 Å². The summed E-state index contributed by atoms with van der Waals surface area (Å²) in [4.78, 5) is 79.0. The first-order valence-electron chi connectivity index (χ1n) is 22.3. The highest BCUT2D eigenvalue weighted by atomic mass is 32.3. The quantitative estimate of drug-likeness (QED) is 0.0575. The van der Waals surface area contributed by atoms with E-state index in [0.29, 0.717) is 44.4 Å². The topological polar surface area (TPSA) is 167 Å². The fraction of sp³-hybridized carbons (Fsp3) is 0.500. The SMILES string of the molecule is CS(C)(C)CCOC(=O)NCCCN(C(=O)CSC[C@H](NC(=O)CCCCCN1C(=O)C=CC1=O)C(=O)O)[C@@H](c1cc(-c2cc(F)ccc2F)cn1Cc1ccccc1)C1CCCCC1. The molecule has 1 aliphatic heterocycles. The highest BCUT2D eigenvalue weighted by Gasteiger charge is 2.36. The standard InChI is InChI=1S/C48H63F2N5O8S2/c1-65(2,3)27-26-63-48(62)51-23-13-25-55(45(59)33-64-32-40(47(60)61)52-42(56)18-11-6-12-24-54-43(57)21-22-44(54)58)46(35-16-9-5-10-17-35)41-28-36(38-29-37(49)19-20-39(38)50)31-53(41)30-34-14-7-4-8-15-34/h4,7-8,14-15,19-22,28-29,31,35,40,46H,5-6,9-13,16-18,23-27,30,32-33H2,1-3H3,(H,51,62)(H,52,56)(H,60,61)/t40-,46+/m0/s1. The molecule has 17 heteroatoms. The molecule has 65 heavy (non-hydrogen) atoms. The molecule has 3 aromatic rings. The van der Waals surface area contributed by atoms with Gasteiger partial charge in [-0.2, -0.15) is 0 Å². The van der Waals surface area contributed by atoms with E-state index >= 15 is 4.39 Å². The van der Waals surface area contributed by atoms with E-state index in [-0.39, 0.29) is 66.8 Å². The van der Waals surface area contributed by atoms with Crippen LogP contribution in [0.15, 0.2) is 72.9 Å². The number of carboxylic acids is 1. The number of rotatable bonds is 25. The van der Waals surface area contributed by atoms with Crippen LogP contribution in [-0.4, -0.2) is 123 Å². The van der Waals surface area contributed by atoms with Gasteiger partial charge in [-0.25, -0.2) is 28.4 Å². The number of ether oxygens (including phenoxy) is 1. The molecule has 0 bridgehead atoms. The van der Waals surface area contributed by atoms with Crippen molar-refractivity contribution in [2.24, 2.45) is 5.92 Å². The largest absolute Gasteiger partial charge is 0.480 e. The monoisotopic (exact) mass is 939 g/mol. The second-order valence-corrected chi connectivity index (χ2v) is 23.1. The molecule has 5 rings (SSSR count). The average molecular weight is 940 g/mol. The number of alkyl carbamates (subject to hydrolysis) is 1. The molecule has 354 valence electrons. The van der Waals surface area contributed by atoms with E-state index < -0.39 is 51.7 Å². The third kappa shape index (κ3) is 16.0. The van der Waals surface area contributed by atoms with Crippen LogP contribution >= 0.6 is 21.8 Å². The number of nitrogens with one attached hydrogen (secondary N) is 2. The summed E-state index contributed by atoms with van der Waals surface area (Å²) in [7, 11) is -0.858. The predicted molar refractivity (Wildman–Crippen MR) is 252 cm³/mol. The van der Waals surface area contributed by atoms with Crippen LogP contribution in [-0.2, 0) is 35.3 Å². The molecule has 1 aromatic heterocycles. The van der Waals surface area contributed by atoms with Crippen LogP contribution in [0.1, 0.15) is 81.5 Å². The van der Waals surface area contributed by atoms with E-state index in [4.69, 9.17) is 4.74 Å². The summed E-state index contributed by atoms with van der Waals surface area (Å²) in [6.45, 7) is 1.37. The van der Waals surface area contributed by atoms with Crippen LogP contribution in [0.3, 0.4) is 0 Å². The normalized spacial score (nSPS) is 15.4. The molecule has 1 fully saturated rings. The molecule has 0 spiro atoms. The molecule has 0 saturated heterocycles. The maximum absolute atomic E-state index is 15.4. The first-order valence-corrected chi connectivity index (χ1v) is 26.5. The van der Waals surface area contributed by atoms with E-state index in [1.54, 1.807) is 11.1 Å². The predicted octanol–water partition coefficient (Wildman–Crippen LogP) is 7.53. The summed E-state index contributed by atoms with van der Waals surface area (Å²) >= 11 is 1.09. The summed E-state index contributed by atoms with van der Waals surface area (Å²) in [6, 6.07) is 13.1. The number of carbonyl (C=O) groups excluding carboxylic acids is 5. The third-order valence-electron chi connectivity index (χ3n) is 11.5. The van der Waals surface area contributed by atoms with Gasteiger partial charge in [-0.3, -0.25) is 24.1 Å². The first-order chi connectivity index (χ1) is 31.1. The van der Waals surface area contributed by atoms with Crippen molar-refractivity contribution in [3.05, 3.63) is 95.8 Å². The van der Waals surface area contributed by atoms with Crippen molar-refractivity contribution >= 4 is 57.5 Å².